The second-order valence-corrected chi connectivity index (χ2v) is 9.29. The van der Waals surface area contributed by atoms with Crippen LogP contribution >= 0.6 is 0 Å². The molecule has 10 nitrogen and oxygen atoms in total. The molecule has 1 heterocycles. The first-order chi connectivity index (χ1) is 15.6. The zero-order valence-corrected chi connectivity index (χ0v) is 19.4. The summed E-state index contributed by atoms with van der Waals surface area (Å²) < 4.78 is 52.2. The molecule has 1 aromatic heterocycles. The molecule has 0 spiro atoms. The number of benzene rings is 2. The van der Waals surface area contributed by atoms with Crippen LogP contribution in [0, 0.1) is 0 Å². The first-order valence-corrected chi connectivity index (χ1v) is 11.2. The summed E-state index contributed by atoms with van der Waals surface area (Å²) >= 11 is 0. The molecule has 0 bridgehead atoms. The van der Waals surface area contributed by atoms with Gasteiger partial charge in [-0.25, -0.2) is 26.6 Å². The van der Waals surface area contributed by atoms with E-state index in [1.54, 1.807) is 6.07 Å². The third-order valence-electron chi connectivity index (χ3n) is 4.92. The number of esters is 1. The molecule has 0 unspecified atom stereocenters. The molecular formula is C21H24FN5O5S. The van der Waals surface area contributed by atoms with E-state index in [-0.39, 0.29) is 29.3 Å². The fourth-order valence-corrected chi connectivity index (χ4v) is 4.29. The molecule has 0 fully saturated rings. The molecule has 2 aromatic carbocycles. The number of ether oxygens (including phenoxy) is 2. The van der Waals surface area contributed by atoms with Gasteiger partial charge in [-0.05, 0) is 35.9 Å². The number of halogens is 1. The second kappa shape index (κ2) is 9.65. The number of carbonyl (C=O) groups excluding carboxylic acids is 1. The van der Waals surface area contributed by atoms with Crippen LogP contribution in [0.5, 0.6) is 5.75 Å². The average Bonchev–Trinajstić information content (AvgIpc) is 3.19. The van der Waals surface area contributed by atoms with Crippen LogP contribution in [0.1, 0.15) is 10.4 Å². The first-order valence-electron chi connectivity index (χ1n) is 9.75. The summed E-state index contributed by atoms with van der Waals surface area (Å²) in [5, 5.41) is 8.15. The van der Waals surface area contributed by atoms with Crippen molar-refractivity contribution < 1.29 is 27.1 Å². The molecule has 0 radical (unpaired) electrons. The molecule has 3 rings (SSSR count). The Morgan fingerprint density at radius 1 is 1.24 bits per heavy atom. The highest BCUT2D eigenvalue weighted by Gasteiger charge is 2.24. The van der Waals surface area contributed by atoms with Crippen LogP contribution in [0.2, 0.25) is 0 Å². The smallest absolute Gasteiger partial charge is 0.337 e. The van der Waals surface area contributed by atoms with Gasteiger partial charge in [0.25, 0.3) is 0 Å². The second-order valence-electron chi connectivity index (χ2n) is 7.17. The number of hydrogen-bond donors (Lipinski definition) is 1. The van der Waals surface area contributed by atoms with Gasteiger partial charge in [-0.3, -0.25) is 0 Å². The number of sulfonamides is 1. The molecule has 12 heteroatoms. The summed E-state index contributed by atoms with van der Waals surface area (Å²) in [5.41, 5.74) is 7.10. The minimum absolute atomic E-state index is 0.0199. The predicted molar refractivity (Wildman–Crippen MR) is 120 cm³/mol. The number of hydrogen-bond acceptors (Lipinski definition) is 8. The van der Waals surface area contributed by atoms with E-state index in [1.165, 1.54) is 63.3 Å². The number of fused-ring (bicyclic) bond motifs is 1. The van der Waals surface area contributed by atoms with Gasteiger partial charge in [-0.2, -0.15) is 0 Å². The van der Waals surface area contributed by atoms with Gasteiger partial charge in [-0.15, -0.1) is 5.10 Å². The fourth-order valence-electron chi connectivity index (χ4n) is 3.22. The van der Waals surface area contributed by atoms with Crippen LogP contribution in [0.25, 0.3) is 22.2 Å². The molecule has 3 aromatic rings. The molecular weight excluding hydrogens is 453 g/mol. The van der Waals surface area contributed by atoms with Crippen LogP contribution < -0.4 is 10.5 Å². The van der Waals surface area contributed by atoms with Gasteiger partial charge >= 0.3 is 5.97 Å². The molecule has 0 atom stereocenters. The van der Waals surface area contributed by atoms with E-state index in [0.717, 1.165) is 4.31 Å². The predicted octanol–water partition coefficient (Wildman–Crippen LogP) is 1.96. The number of allylic oxidation sites excluding steroid dienone is 1. The average molecular weight is 478 g/mol. The maximum absolute atomic E-state index is 14.1. The van der Waals surface area contributed by atoms with Crippen molar-refractivity contribution in [2.45, 2.75) is 11.4 Å². The van der Waals surface area contributed by atoms with Gasteiger partial charge in [0.2, 0.25) is 10.0 Å². The van der Waals surface area contributed by atoms with Crippen molar-refractivity contribution in [1.29, 1.82) is 0 Å². The molecule has 0 amide bonds. The highest BCUT2D eigenvalue weighted by molar-refractivity contribution is 7.89. The largest absolute Gasteiger partial charge is 0.495 e. The molecule has 0 saturated heterocycles. The maximum atomic E-state index is 14.1. The normalized spacial score (nSPS) is 12.4. The summed E-state index contributed by atoms with van der Waals surface area (Å²) in [4.78, 5) is 12.3. The van der Waals surface area contributed by atoms with E-state index >= 15 is 0 Å². The van der Waals surface area contributed by atoms with Crippen LogP contribution in [0.15, 0.2) is 47.1 Å². The number of carbonyl (C=O) groups is 1. The van der Waals surface area contributed by atoms with Gasteiger partial charge in [0.1, 0.15) is 22.0 Å². The van der Waals surface area contributed by atoms with Crippen LogP contribution in [0.3, 0.4) is 0 Å². The van der Waals surface area contributed by atoms with E-state index < -0.39 is 21.8 Å². The maximum Gasteiger partial charge on any atom is 0.337 e. The van der Waals surface area contributed by atoms with Crippen LogP contribution in [0.4, 0.5) is 4.39 Å². The van der Waals surface area contributed by atoms with E-state index in [4.69, 9.17) is 15.2 Å². The highest BCUT2D eigenvalue weighted by atomic mass is 32.2. The van der Waals surface area contributed by atoms with E-state index in [9.17, 15) is 17.6 Å². The van der Waals surface area contributed by atoms with E-state index in [0.29, 0.717) is 22.2 Å². The van der Waals surface area contributed by atoms with Crippen molar-refractivity contribution in [2.24, 2.45) is 5.73 Å². The van der Waals surface area contributed by atoms with Crippen molar-refractivity contribution >= 4 is 27.0 Å². The lowest BCUT2D eigenvalue weighted by Gasteiger charge is -2.16. The topological polar surface area (TPSA) is 130 Å². The van der Waals surface area contributed by atoms with Crippen LogP contribution in [-0.4, -0.2) is 68.5 Å². The monoisotopic (exact) mass is 477 g/mol. The molecule has 0 aliphatic carbocycles. The first kappa shape index (κ1) is 24.3. The van der Waals surface area contributed by atoms with E-state index in [2.05, 4.69) is 10.3 Å². The highest BCUT2D eigenvalue weighted by Crippen LogP contribution is 2.35. The standard InChI is InChI=1S/C21H24FN5O5S/c1-26(2)33(29,30)19-11-13(5-6-18(19)31-3)16-9-14(21(28)32-4)10-17-20(16)24-25-27(17)12-15(22)7-8-23/h5-7,9-11H,8,12,23H2,1-4H3/b15-7-. The Hall–Kier alpha value is -3.35. The van der Waals surface area contributed by atoms with Gasteiger partial charge < -0.3 is 15.2 Å². The van der Waals surface area contributed by atoms with Crippen LogP contribution in [-0.2, 0) is 21.3 Å². The number of nitrogens with zero attached hydrogens (tertiary/aromatic N) is 4. The molecule has 0 aliphatic rings. The summed E-state index contributed by atoms with van der Waals surface area (Å²) in [5.74, 6) is -0.984. The Morgan fingerprint density at radius 2 is 1.97 bits per heavy atom. The lowest BCUT2D eigenvalue weighted by atomic mass is 10.0. The number of methoxy groups -OCH3 is 2. The number of aromatic nitrogens is 3. The summed E-state index contributed by atoms with van der Waals surface area (Å²) in [7, 11) is 1.58. The van der Waals surface area contributed by atoms with Crippen molar-refractivity contribution in [3.05, 3.63) is 47.8 Å². The Labute approximate surface area is 190 Å². The minimum Gasteiger partial charge on any atom is -0.495 e. The van der Waals surface area contributed by atoms with E-state index in [1.807, 2.05) is 0 Å². The lowest BCUT2D eigenvalue weighted by Crippen LogP contribution is -2.22. The summed E-state index contributed by atoms with van der Waals surface area (Å²) in [6.07, 6.45) is 1.21. The Kier molecular flexibility index (Phi) is 7.10. The van der Waals surface area contributed by atoms with Gasteiger partial charge in [-0.1, -0.05) is 11.3 Å². The molecule has 33 heavy (non-hydrogen) atoms. The SMILES string of the molecule is COC(=O)c1cc(-c2ccc(OC)c(S(=O)(=O)N(C)C)c2)c2nnn(C/C(F)=C/CN)c2c1. The lowest BCUT2D eigenvalue weighted by molar-refractivity contribution is 0.0601. The fraction of sp³-hybridized carbons (Fsp3) is 0.286. The zero-order valence-electron chi connectivity index (χ0n) is 18.6. The minimum atomic E-state index is -3.84. The molecule has 2 N–H and O–H groups in total. The molecule has 0 saturated carbocycles. The number of nitrogens with two attached hydrogens (primary N) is 1. The number of rotatable bonds is 8. The third kappa shape index (κ3) is 4.72. The zero-order chi connectivity index (χ0) is 24.3. The summed E-state index contributed by atoms with van der Waals surface area (Å²) in [6.45, 7) is -0.216. The Morgan fingerprint density at radius 3 is 2.58 bits per heavy atom. The molecule has 0 aliphatic heterocycles. The Balaban J connectivity index is 2.29. The third-order valence-corrected chi connectivity index (χ3v) is 6.75. The van der Waals surface area contributed by atoms with Crippen molar-refractivity contribution in [2.75, 3.05) is 34.9 Å². The quantitative estimate of drug-likeness (QED) is 0.488. The molecule has 176 valence electrons. The Bertz CT molecular complexity index is 1330. The van der Waals surface area contributed by atoms with Gasteiger partial charge in [0.15, 0.2) is 0 Å². The van der Waals surface area contributed by atoms with Crippen molar-refractivity contribution in [3.63, 3.8) is 0 Å². The van der Waals surface area contributed by atoms with Gasteiger partial charge in [0, 0.05) is 26.2 Å². The van der Waals surface area contributed by atoms with Gasteiger partial charge in [0.05, 0.1) is 31.8 Å². The van der Waals surface area contributed by atoms with Crippen molar-refractivity contribution in [1.82, 2.24) is 19.3 Å². The summed E-state index contributed by atoms with van der Waals surface area (Å²) in [6, 6.07) is 7.58. The van der Waals surface area contributed by atoms with Crippen molar-refractivity contribution in [3.8, 4) is 16.9 Å².